The number of likely N-dealkylation sites (N-methyl/N-ethyl adjacent to an activating group) is 1. The Balaban J connectivity index is 2.18. The number of ether oxygens (including phenoxy) is 1. The topological polar surface area (TPSA) is 29.5 Å². The Bertz CT molecular complexity index is 735. The summed E-state index contributed by atoms with van der Waals surface area (Å²) in [5, 5.41) is 2.10. The molecule has 1 aromatic heterocycles. The van der Waals surface area contributed by atoms with E-state index in [1.807, 2.05) is 12.1 Å². The van der Waals surface area contributed by atoms with Crippen LogP contribution >= 0.6 is 22.9 Å². The van der Waals surface area contributed by atoms with E-state index < -0.39 is 0 Å². The fourth-order valence-corrected chi connectivity index (χ4v) is 4.12. The minimum Gasteiger partial charge on any atom is -0.466 e. The summed E-state index contributed by atoms with van der Waals surface area (Å²) in [5.41, 5.74) is 2.48. The van der Waals surface area contributed by atoms with Crippen LogP contribution in [0.15, 0.2) is 18.2 Å². The smallest absolute Gasteiger partial charge is 0.330 e. The Morgan fingerprint density at radius 1 is 1.43 bits per heavy atom. The van der Waals surface area contributed by atoms with E-state index in [-0.39, 0.29) is 5.97 Å². The number of thiophene rings is 1. The molecule has 2 heterocycles. The quantitative estimate of drug-likeness (QED) is 0.623. The van der Waals surface area contributed by atoms with Gasteiger partial charge in [0.1, 0.15) is 0 Å². The van der Waals surface area contributed by atoms with Gasteiger partial charge in [-0.25, -0.2) is 4.79 Å². The third-order valence-corrected chi connectivity index (χ3v) is 5.30. The van der Waals surface area contributed by atoms with Gasteiger partial charge in [-0.15, -0.1) is 11.3 Å². The van der Waals surface area contributed by atoms with Crippen LogP contribution in [0.4, 0.5) is 0 Å². The Labute approximate surface area is 132 Å². The number of hydrogen-bond donors (Lipinski definition) is 0. The van der Waals surface area contributed by atoms with Gasteiger partial charge in [-0.1, -0.05) is 11.6 Å². The van der Waals surface area contributed by atoms with Crippen molar-refractivity contribution in [2.75, 3.05) is 20.7 Å². The van der Waals surface area contributed by atoms with E-state index in [4.69, 9.17) is 11.6 Å². The molecule has 0 N–H and O–H groups in total. The number of halogens is 1. The maximum absolute atomic E-state index is 11.3. The van der Waals surface area contributed by atoms with E-state index in [9.17, 15) is 4.79 Å². The molecule has 3 rings (SSSR count). The molecule has 0 spiro atoms. The molecule has 0 radical (unpaired) electrons. The summed E-state index contributed by atoms with van der Waals surface area (Å²) < 4.78 is 5.90. The summed E-state index contributed by atoms with van der Waals surface area (Å²) in [4.78, 5) is 14.7. The Morgan fingerprint density at radius 3 is 3.00 bits per heavy atom. The maximum atomic E-state index is 11.3. The average molecular weight is 322 g/mol. The standard InChI is InChI=1S/C16H16ClNO2S/c1-18-8-7-10-12(17)3-4-14-16(10)11(9-18)13(21-14)5-6-15(19)20-2/h3-6H,7-9H2,1-2H3/b6-5+. The number of methoxy groups -OCH3 is 1. The van der Waals surface area contributed by atoms with E-state index >= 15 is 0 Å². The number of benzene rings is 1. The summed E-state index contributed by atoms with van der Waals surface area (Å²) in [6, 6.07) is 4.04. The molecular weight excluding hydrogens is 306 g/mol. The van der Waals surface area contributed by atoms with Crippen LogP contribution in [0.2, 0.25) is 5.02 Å². The molecule has 110 valence electrons. The predicted molar refractivity (Wildman–Crippen MR) is 87.9 cm³/mol. The number of nitrogens with zero attached hydrogens (tertiary/aromatic N) is 1. The molecule has 3 nitrogen and oxygen atoms in total. The summed E-state index contributed by atoms with van der Waals surface area (Å²) in [6.45, 7) is 1.85. The zero-order valence-electron chi connectivity index (χ0n) is 12.0. The molecule has 21 heavy (non-hydrogen) atoms. The van der Waals surface area contributed by atoms with Gasteiger partial charge in [-0.2, -0.15) is 0 Å². The Morgan fingerprint density at radius 2 is 2.24 bits per heavy atom. The van der Waals surface area contributed by atoms with E-state index in [1.54, 1.807) is 11.3 Å². The van der Waals surface area contributed by atoms with Crippen LogP contribution in [0.3, 0.4) is 0 Å². The number of hydrogen-bond acceptors (Lipinski definition) is 4. The van der Waals surface area contributed by atoms with Crippen LogP contribution < -0.4 is 0 Å². The lowest BCUT2D eigenvalue weighted by Crippen LogP contribution is -2.18. The zero-order chi connectivity index (χ0) is 15.0. The van der Waals surface area contributed by atoms with E-state index in [0.717, 1.165) is 29.4 Å². The SMILES string of the molecule is COC(=O)/C=C/c1sc2ccc(Cl)c3c2c1CN(C)CC3. The number of carbonyl (C=O) groups is 1. The second-order valence-electron chi connectivity index (χ2n) is 5.19. The zero-order valence-corrected chi connectivity index (χ0v) is 13.6. The highest BCUT2D eigenvalue weighted by atomic mass is 35.5. The Hall–Kier alpha value is -1.36. The fraction of sp³-hybridized carbons (Fsp3) is 0.312. The van der Waals surface area contributed by atoms with Crippen LogP contribution in [0.1, 0.15) is 16.0 Å². The van der Waals surface area contributed by atoms with Gasteiger partial charge in [0.25, 0.3) is 0 Å². The van der Waals surface area contributed by atoms with Gasteiger partial charge >= 0.3 is 5.97 Å². The summed E-state index contributed by atoms with van der Waals surface area (Å²) in [5.74, 6) is -0.333. The van der Waals surface area contributed by atoms with Gasteiger partial charge in [0.15, 0.2) is 0 Å². The van der Waals surface area contributed by atoms with Crippen molar-refractivity contribution in [3.05, 3.63) is 39.2 Å². The minimum atomic E-state index is -0.333. The molecule has 1 aromatic carbocycles. The lowest BCUT2D eigenvalue weighted by Gasteiger charge is -2.13. The number of rotatable bonds is 2. The van der Waals surface area contributed by atoms with Crippen LogP contribution in [0.25, 0.3) is 16.2 Å². The average Bonchev–Trinajstić information content (AvgIpc) is 2.70. The van der Waals surface area contributed by atoms with Gasteiger partial charge in [0.2, 0.25) is 0 Å². The normalized spacial score (nSPS) is 15.6. The van der Waals surface area contributed by atoms with Crippen molar-refractivity contribution in [2.24, 2.45) is 0 Å². The molecule has 0 amide bonds. The molecule has 5 heteroatoms. The fourth-order valence-electron chi connectivity index (χ4n) is 2.72. The van der Waals surface area contributed by atoms with Crippen molar-refractivity contribution >= 4 is 45.1 Å². The maximum Gasteiger partial charge on any atom is 0.330 e. The molecule has 0 bridgehead atoms. The van der Waals surface area contributed by atoms with Gasteiger partial charge in [-0.05, 0) is 42.8 Å². The first-order chi connectivity index (χ1) is 10.1. The van der Waals surface area contributed by atoms with Crippen LogP contribution in [-0.4, -0.2) is 31.6 Å². The highest BCUT2D eigenvalue weighted by Crippen LogP contribution is 2.39. The van der Waals surface area contributed by atoms with Gasteiger partial charge in [-0.3, -0.25) is 0 Å². The van der Waals surface area contributed by atoms with Crippen molar-refractivity contribution in [2.45, 2.75) is 13.0 Å². The highest BCUT2D eigenvalue weighted by molar-refractivity contribution is 7.20. The summed E-state index contributed by atoms with van der Waals surface area (Å²) in [6.07, 6.45) is 4.28. The van der Waals surface area contributed by atoms with Crippen molar-refractivity contribution in [1.29, 1.82) is 0 Å². The molecule has 0 saturated carbocycles. The first-order valence-corrected chi connectivity index (χ1v) is 7.97. The summed E-state index contributed by atoms with van der Waals surface area (Å²) in [7, 11) is 3.50. The number of esters is 1. The molecular formula is C16H16ClNO2S. The van der Waals surface area contributed by atoms with Gasteiger partial charge < -0.3 is 9.64 Å². The van der Waals surface area contributed by atoms with Crippen molar-refractivity contribution < 1.29 is 9.53 Å². The first kappa shape index (κ1) is 14.6. The lowest BCUT2D eigenvalue weighted by molar-refractivity contribution is -0.134. The monoisotopic (exact) mass is 321 g/mol. The minimum absolute atomic E-state index is 0.333. The van der Waals surface area contributed by atoms with E-state index in [1.165, 1.54) is 34.4 Å². The van der Waals surface area contributed by atoms with Crippen LogP contribution in [0, 0.1) is 0 Å². The largest absolute Gasteiger partial charge is 0.466 e. The third-order valence-electron chi connectivity index (χ3n) is 3.78. The van der Waals surface area contributed by atoms with Crippen molar-refractivity contribution in [1.82, 2.24) is 4.90 Å². The van der Waals surface area contributed by atoms with Gasteiger partial charge in [0.05, 0.1) is 7.11 Å². The highest BCUT2D eigenvalue weighted by Gasteiger charge is 2.20. The lowest BCUT2D eigenvalue weighted by atomic mass is 10.0. The second kappa shape index (κ2) is 5.79. The van der Waals surface area contributed by atoms with Crippen molar-refractivity contribution in [3.8, 4) is 0 Å². The van der Waals surface area contributed by atoms with E-state index in [2.05, 4.69) is 22.8 Å². The summed E-state index contributed by atoms with van der Waals surface area (Å²) >= 11 is 8.08. The molecule has 0 unspecified atom stereocenters. The van der Waals surface area contributed by atoms with Crippen LogP contribution in [0.5, 0.6) is 0 Å². The molecule has 0 fully saturated rings. The molecule has 2 aromatic rings. The third kappa shape index (κ3) is 2.71. The van der Waals surface area contributed by atoms with Crippen LogP contribution in [-0.2, 0) is 22.5 Å². The van der Waals surface area contributed by atoms with Gasteiger partial charge in [0, 0.05) is 39.2 Å². The molecule has 0 aliphatic carbocycles. The molecule has 1 aliphatic heterocycles. The van der Waals surface area contributed by atoms with E-state index in [0.29, 0.717) is 0 Å². The molecule has 0 saturated heterocycles. The molecule has 0 atom stereocenters. The molecule has 1 aliphatic rings. The Kier molecular flexibility index (Phi) is 4.02. The first-order valence-electron chi connectivity index (χ1n) is 6.77. The predicted octanol–water partition coefficient (Wildman–Crippen LogP) is 3.73. The number of carbonyl (C=O) groups excluding carboxylic acids is 1. The second-order valence-corrected chi connectivity index (χ2v) is 6.68. The van der Waals surface area contributed by atoms with Crippen molar-refractivity contribution in [3.63, 3.8) is 0 Å².